The summed E-state index contributed by atoms with van der Waals surface area (Å²) in [4.78, 5) is 4.27. The molecule has 40 heavy (non-hydrogen) atoms. The van der Waals surface area contributed by atoms with E-state index < -0.39 is 65.0 Å². The zero-order valence-corrected chi connectivity index (χ0v) is 21.8. The number of alkyl halides is 3. The minimum Gasteiger partial charge on any atom is -0.394 e. The van der Waals surface area contributed by atoms with Crippen LogP contribution in [0.2, 0.25) is 10.0 Å². The third kappa shape index (κ3) is 5.29. The van der Waals surface area contributed by atoms with Crippen molar-refractivity contribution in [2.24, 2.45) is 0 Å². The lowest BCUT2D eigenvalue weighted by Crippen LogP contribution is -2.45. The van der Waals surface area contributed by atoms with E-state index in [1.54, 1.807) is 0 Å². The van der Waals surface area contributed by atoms with E-state index in [0.717, 1.165) is 35.0 Å². The summed E-state index contributed by atoms with van der Waals surface area (Å²) in [5.74, 6) is -1.67. The van der Waals surface area contributed by atoms with Crippen LogP contribution in [0, 0.1) is 18.6 Å². The van der Waals surface area contributed by atoms with Gasteiger partial charge < -0.3 is 14.9 Å². The summed E-state index contributed by atoms with van der Waals surface area (Å²) >= 11 is 11.6. The number of halogens is 7. The van der Waals surface area contributed by atoms with Crippen molar-refractivity contribution in [2.45, 2.75) is 43.9 Å². The molecule has 5 rings (SSSR count). The Kier molecular flexibility index (Phi) is 7.56. The van der Waals surface area contributed by atoms with Crippen LogP contribution in [0.4, 0.5) is 22.0 Å². The van der Waals surface area contributed by atoms with Crippen LogP contribution >= 0.6 is 23.2 Å². The molecule has 2 N–H and O–H groups in total. The molecule has 1 fully saturated rings. The van der Waals surface area contributed by atoms with Gasteiger partial charge in [0, 0.05) is 17.0 Å². The van der Waals surface area contributed by atoms with Gasteiger partial charge in [-0.1, -0.05) is 28.4 Å². The number of aryl methyl sites for hydroxylation is 1. The highest BCUT2D eigenvalue weighted by Gasteiger charge is 2.43. The summed E-state index contributed by atoms with van der Waals surface area (Å²) < 4.78 is 77.9. The summed E-state index contributed by atoms with van der Waals surface area (Å²) in [6.45, 7) is 0.810. The number of aromatic nitrogens is 6. The molecule has 212 valence electrons. The van der Waals surface area contributed by atoms with Gasteiger partial charge in [-0.15, -0.1) is 5.10 Å². The Morgan fingerprint density at radius 3 is 2.58 bits per heavy atom. The average Bonchev–Trinajstić information content (AvgIpc) is 3.52. The highest BCUT2D eigenvalue weighted by atomic mass is 35.5. The first-order valence-corrected chi connectivity index (χ1v) is 12.4. The predicted molar refractivity (Wildman–Crippen MR) is 131 cm³/mol. The summed E-state index contributed by atoms with van der Waals surface area (Å²) in [7, 11) is 0. The van der Waals surface area contributed by atoms with Crippen molar-refractivity contribution in [1.29, 1.82) is 0 Å². The van der Waals surface area contributed by atoms with E-state index in [0.29, 0.717) is 0 Å². The standard InChI is InChI=1S/C24H19Cl2F5N6O3/c1-10-32-23(37(34-10)18-4-11(25)2-3-13(18)24(29,30)31)20-7-19(22(39)21(9-38)40-20)36-8-17(33-35-36)12-5-16(28)14(26)6-15(12)27/h2-6,8,19-22,38-39H,7,9H2,1H3. The average molecular weight is 605 g/mol. The fraction of sp³-hybridized carbons (Fsp3) is 0.333. The van der Waals surface area contributed by atoms with E-state index >= 15 is 0 Å². The molecule has 9 nitrogen and oxygen atoms in total. The minimum absolute atomic E-state index is 0.0224. The lowest BCUT2D eigenvalue weighted by Gasteiger charge is -2.38. The van der Waals surface area contributed by atoms with Crippen molar-refractivity contribution in [3.05, 3.63) is 75.4 Å². The third-order valence-corrected chi connectivity index (χ3v) is 6.93. The van der Waals surface area contributed by atoms with E-state index in [-0.39, 0.29) is 34.3 Å². The highest BCUT2D eigenvalue weighted by Crippen LogP contribution is 2.40. The monoisotopic (exact) mass is 604 g/mol. The molecular formula is C24H19Cl2F5N6O3. The van der Waals surface area contributed by atoms with Crippen molar-refractivity contribution in [2.75, 3.05) is 6.61 Å². The van der Waals surface area contributed by atoms with Crippen molar-refractivity contribution in [3.63, 3.8) is 0 Å². The van der Waals surface area contributed by atoms with Crippen molar-refractivity contribution in [1.82, 2.24) is 29.8 Å². The maximum atomic E-state index is 14.5. The minimum atomic E-state index is -4.75. The van der Waals surface area contributed by atoms with Gasteiger partial charge in [0.25, 0.3) is 0 Å². The zero-order chi connectivity index (χ0) is 28.9. The van der Waals surface area contributed by atoms with Crippen molar-refractivity contribution >= 4 is 23.2 Å². The molecule has 4 atom stereocenters. The molecule has 4 unspecified atom stereocenters. The van der Waals surface area contributed by atoms with Gasteiger partial charge in [-0.05, 0) is 37.3 Å². The fourth-order valence-electron chi connectivity index (χ4n) is 4.55. The van der Waals surface area contributed by atoms with E-state index in [1.807, 2.05) is 0 Å². The fourth-order valence-corrected chi connectivity index (χ4v) is 4.87. The molecule has 0 saturated carbocycles. The molecule has 2 aromatic heterocycles. The number of benzene rings is 2. The summed E-state index contributed by atoms with van der Waals surface area (Å²) in [6, 6.07) is 3.67. The SMILES string of the molecule is Cc1nc(C2CC(n3cc(-c4cc(F)c(Cl)cc4F)nn3)C(O)C(CO)O2)n(-c2cc(Cl)ccc2C(F)(F)F)n1. The molecule has 0 spiro atoms. The second-order valence-corrected chi connectivity index (χ2v) is 9.90. The molecule has 0 radical (unpaired) electrons. The number of aliphatic hydroxyl groups is 2. The Morgan fingerprint density at radius 1 is 1.12 bits per heavy atom. The van der Waals surface area contributed by atoms with Crippen LogP contribution in [0.3, 0.4) is 0 Å². The van der Waals surface area contributed by atoms with Gasteiger partial charge in [0.2, 0.25) is 0 Å². The van der Waals surface area contributed by atoms with Crippen molar-refractivity contribution < 1.29 is 36.9 Å². The predicted octanol–water partition coefficient (Wildman–Crippen LogP) is 4.86. The quantitative estimate of drug-likeness (QED) is 0.247. The number of hydrogen-bond donors (Lipinski definition) is 2. The molecule has 2 aromatic carbocycles. The first-order chi connectivity index (χ1) is 18.9. The number of ether oxygens (including phenoxy) is 1. The summed E-state index contributed by atoms with van der Waals surface area (Å²) in [6.07, 6.45) is -7.28. The molecule has 1 aliphatic heterocycles. The maximum absolute atomic E-state index is 14.5. The highest BCUT2D eigenvalue weighted by molar-refractivity contribution is 6.31. The first kappa shape index (κ1) is 28.4. The first-order valence-electron chi connectivity index (χ1n) is 11.7. The number of aliphatic hydroxyl groups excluding tert-OH is 2. The van der Waals surface area contributed by atoms with Crippen LogP contribution in [0.25, 0.3) is 16.9 Å². The number of rotatable bonds is 5. The lowest BCUT2D eigenvalue weighted by atomic mass is 9.95. The molecule has 4 aromatic rings. The molecule has 1 saturated heterocycles. The van der Waals surface area contributed by atoms with Gasteiger partial charge in [0.05, 0.1) is 35.1 Å². The Balaban J connectivity index is 1.54. The van der Waals surface area contributed by atoms with Crippen LogP contribution in [-0.4, -0.2) is 58.8 Å². The smallest absolute Gasteiger partial charge is 0.394 e. The zero-order valence-electron chi connectivity index (χ0n) is 20.3. The Labute approximate surface area is 232 Å². The molecule has 0 aliphatic carbocycles. The molecule has 0 bridgehead atoms. The third-order valence-electron chi connectivity index (χ3n) is 6.41. The maximum Gasteiger partial charge on any atom is 0.418 e. The van der Waals surface area contributed by atoms with E-state index in [2.05, 4.69) is 20.4 Å². The molecule has 16 heteroatoms. The largest absolute Gasteiger partial charge is 0.418 e. The normalized spacial score (nSPS) is 21.6. The molecular weight excluding hydrogens is 586 g/mol. The van der Waals surface area contributed by atoms with E-state index in [1.165, 1.54) is 17.8 Å². The van der Waals surface area contributed by atoms with Crippen molar-refractivity contribution in [3.8, 4) is 16.9 Å². The van der Waals surface area contributed by atoms with E-state index in [4.69, 9.17) is 27.9 Å². The van der Waals surface area contributed by atoms with Crippen LogP contribution in [0.15, 0.2) is 36.5 Å². The lowest BCUT2D eigenvalue weighted by molar-refractivity contribution is -0.161. The molecule has 3 heterocycles. The Morgan fingerprint density at radius 2 is 1.88 bits per heavy atom. The Bertz CT molecular complexity index is 1560. The van der Waals surface area contributed by atoms with Gasteiger partial charge in [0.1, 0.15) is 41.5 Å². The second kappa shape index (κ2) is 10.7. The molecule has 0 amide bonds. The van der Waals surface area contributed by atoms with Gasteiger partial charge in [0.15, 0.2) is 5.82 Å². The Hall–Kier alpha value is -3.17. The molecule has 1 aliphatic rings. The van der Waals surface area contributed by atoms with Crippen LogP contribution < -0.4 is 0 Å². The number of hydrogen-bond acceptors (Lipinski definition) is 7. The van der Waals surface area contributed by atoms with Crippen LogP contribution in [0.5, 0.6) is 0 Å². The topological polar surface area (TPSA) is 111 Å². The number of nitrogens with zero attached hydrogens (tertiary/aromatic N) is 6. The van der Waals surface area contributed by atoms with Gasteiger partial charge >= 0.3 is 6.18 Å². The van der Waals surface area contributed by atoms with Crippen LogP contribution in [0.1, 0.15) is 35.8 Å². The van der Waals surface area contributed by atoms with Gasteiger partial charge in [-0.2, -0.15) is 18.3 Å². The summed E-state index contributed by atoms with van der Waals surface area (Å²) in [5.41, 5.74) is -1.73. The van der Waals surface area contributed by atoms with E-state index in [9.17, 15) is 32.2 Å². The van der Waals surface area contributed by atoms with Gasteiger partial charge in [-0.25, -0.2) is 23.1 Å². The van der Waals surface area contributed by atoms with Crippen LogP contribution in [-0.2, 0) is 10.9 Å². The second-order valence-electron chi connectivity index (χ2n) is 9.06. The summed E-state index contributed by atoms with van der Waals surface area (Å²) in [5, 5.41) is 32.3. The van der Waals surface area contributed by atoms with Gasteiger partial charge in [-0.3, -0.25) is 0 Å².